The summed E-state index contributed by atoms with van der Waals surface area (Å²) in [5, 5.41) is 26.1. The quantitative estimate of drug-likeness (QED) is 0.419. The summed E-state index contributed by atoms with van der Waals surface area (Å²) in [6.07, 6.45) is 4.65. The molecule has 1 unspecified atom stereocenters. The molecule has 0 heterocycles. The van der Waals surface area contributed by atoms with Gasteiger partial charge in [-0.15, -0.1) is 0 Å². The highest BCUT2D eigenvalue weighted by Crippen LogP contribution is 2.10. The first-order valence-corrected chi connectivity index (χ1v) is 3.12. The van der Waals surface area contributed by atoms with Gasteiger partial charge in [-0.3, -0.25) is 0 Å². The highest BCUT2D eigenvalue weighted by Gasteiger charge is 2.14. The number of allylic oxidation sites excluding steroid dienone is 2. The zero-order valence-electron chi connectivity index (χ0n) is 5.44. The van der Waals surface area contributed by atoms with Crippen LogP contribution in [0.25, 0.3) is 0 Å². The van der Waals surface area contributed by atoms with E-state index < -0.39 is 13.2 Å². The molecule has 0 bridgehead atoms. The maximum absolute atomic E-state index is 8.91. The highest BCUT2D eigenvalue weighted by atomic mass is 16.4. The monoisotopic (exact) mass is 140 g/mol. The van der Waals surface area contributed by atoms with Gasteiger partial charge in [-0.25, -0.2) is 0 Å². The Kier molecular flexibility index (Phi) is 2.27. The molecule has 0 aromatic heterocycles. The topological polar surface area (TPSA) is 60.7 Å². The first-order chi connectivity index (χ1) is 4.70. The smallest absolute Gasteiger partial charge is 0.423 e. The van der Waals surface area contributed by atoms with Crippen molar-refractivity contribution in [2.45, 2.75) is 12.5 Å². The summed E-state index contributed by atoms with van der Waals surface area (Å²) < 4.78 is 0. The molecule has 0 aromatic carbocycles. The molecule has 54 valence electrons. The third-order valence-corrected chi connectivity index (χ3v) is 1.40. The average Bonchev–Trinajstić information content (AvgIpc) is 1.88. The van der Waals surface area contributed by atoms with E-state index in [1.54, 1.807) is 6.08 Å². The van der Waals surface area contributed by atoms with Crippen molar-refractivity contribution >= 4 is 7.12 Å². The Labute approximate surface area is 59.5 Å². The third kappa shape index (κ3) is 1.70. The lowest BCUT2D eigenvalue weighted by atomic mass is 9.76. The second-order valence-corrected chi connectivity index (χ2v) is 2.24. The Bertz CT molecular complexity index is 174. The van der Waals surface area contributed by atoms with Crippen molar-refractivity contribution in [2.75, 3.05) is 0 Å². The van der Waals surface area contributed by atoms with Gasteiger partial charge in [0.15, 0.2) is 0 Å². The van der Waals surface area contributed by atoms with E-state index in [0.717, 1.165) is 0 Å². The number of aliphatic hydroxyl groups is 1. The molecule has 0 radical (unpaired) electrons. The molecule has 0 fully saturated rings. The summed E-state index contributed by atoms with van der Waals surface area (Å²) in [7, 11) is -1.41. The van der Waals surface area contributed by atoms with Crippen LogP contribution in [0.2, 0.25) is 0 Å². The third-order valence-electron chi connectivity index (χ3n) is 1.40. The van der Waals surface area contributed by atoms with E-state index in [1.807, 2.05) is 0 Å². The molecule has 3 N–H and O–H groups in total. The van der Waals surface area contributed by atoms with Gasteiger partial charge in [0.25, 0.3) is 0 Å². The van der Waals surface area contributed by atoms with Gasteiger partial charge >= 0.3 is 7.12 Å². The van der Waals surface area contributed by atoms with Crippen LogP contribution < -0.4 is 0 Å². The minimum absolute atomic E-state index is 0.449. The molecule has 0 spiro atoms. The Balaban J connectivity index is 2.59. The van der Waals surface area contributed by atoms with Crippen molar-refractivity contribution < 1.29 is 15.2 Å². The fraction of sp³-hybridized carbons (Fsp3) is 0.333. The van der Waals surface area contributed by atoms with E-state index in [0.29, 0.717) is 11.9 Å². The molecule has 0 amide bonds. The number of hydrogen-bond acceptors (Lipinski definition) is 3. The maximum atomic E-state index is 8.91. The van der Waals surface area contributed by atoms with Crippen molar-refractivity contribution in [1.82, 2.24) is 0 Å². The van der Waals surface area contributed by atoms with Gasteiger partial charge in [0, 0.05) is 0 Å². The number of hydrogen-bond donors (Lipinski definition) is 3. The summed E-state index contributed by atoms with van der Waals surface area (Å²) in [6, 6.07) is 0. The molecule has 4 heteroatoms. The van der Waals surface area contributed by atoms with Crippen LogP contribution in [0.15, 0.2) is 23.7 Å². The standard InChI is InChI=1S/C6H9BO3/c8-6-3-1-5(2-4-6)7(9)10/h1-3,6,8-10H,4H2. The van der Waals surface area contributed by atoms with E-state index in [-0.39, 0.29) is 0 Å². The zero-order valence-corrected chi connectivity index (χ0v) is 5.44. The maximum Gasteiger partial charge on any atom is 0.488 e. The Morgan fingerprint density at radius 1 is 1.50 bits per heavy atom. The minimum Gasteiger partial charge on any atom is -0.423 e. The summed E-state index contributed by atoms with van der Waals surface area (Å²) in [6.45, 7) is 0. The number of rotatable bonds is 1. The zero-order chi connectivity index (χ0) is 7.56. The van der Waals surface area contributed by atoms with Crippen LogP contribution in [0.4, 0.5) is 0 Å². The first-order valence-electron chi connectivity index (χ1n) is 3.12. The molecular formula is C6H9BO3. The number of aliphatic hydroxyl groups excluding tert-OH is 1. The van der Waals surface area contributed by atoms with E-state index in [9.17, 15) is 0 Å². The minimum atomic E-state index is -1.41. The molecule has 10 heavy (non-hydrogen) atoms. The summed E-state index contributed by atoms with van der Waals surface area (Å²) >= 11 is 0. The predicted octanol–water partition coefficient (Wildman–Crippen LogP) is -0.754. The molecule has 0 aliphatic heterocycles. The van der Waals surface area contributed by atoms with Crippen LogP contribution >= 0.6 is 0 Å². The van der Waals surface area contributed by atoms with Gasteiger partial charge in [-0.1, -0.05) is 18.2 Å². The van der Waals surface area contributed by atoms with E-state index >= 15 is 0 Å². The van der Waals surface area contributed by atoms with E-state index in [4.69, 9.17) is 15.2 Å². The van der Waals surface area contributed by atoms with E-state index in [2.05, 4.69) is 0 Å². The molecular weight excluding hydrogens is 131 g/mol. The normalized spacial score (nSPS) is 24.3. The van der Waals surface area contributed by atoms with Gasteiger partial charge in [0.2, 0.25) is 0 Å². The molecule has 3 nitrogen and oxygen atoms in total. The van der Waals surface area contributed by atoms with Crippen LogP contribution in [0, 0.1) is 0 Å². The highest BCUT2D eigenvalue weighted by molar-refractivity contribution is 6.51. The van der Waals surface area contributed by atoms with Crippen molar-refractivity contribution in [3.05, 3.63) is 23.7 Å². The lowest BCUT2D eigenvalue weighted by Crippen LogP contribution is -2.17. The van der Waals surface area contributed by atoms with Crippen molar-refractivity contribution in [3.8, 4) is 0 Å². The summed E-state index contributed by atoms with van der Waals surface area (Å²) in [5.41, 5.74) is 0.449. The van der Waals surface area contributed by atoms with Crippen molar-refractivity contribution in [3.63, 3.8) is 0 Å². The lowest BCUT2D eigenvalue weighted by Gasteiger charge is -2.09. The lowest BCUT2D eigenvalue weighted by molar-refractivity contribution is 0.225. The van der Waals surface area contributed by atoms with Crippen LogP contribution in [-0.4, -0.2) is 28.4 Å². The van der Waals surface area contributed by atoms with Crippen LogP contribution in [-0.2, 0) is 0 Å². The van der Waals surface area contributed by atoms with E-state index in [1.165, 1.54) is 12.2 Å². The van der Waals surface area contributed by atoms with Gasteiger partial charge in [0.05, 0.1) is 6.10 Å². The molecule has 0 saturated heterocycles. The van der Waals surface area contributed by atoms with Gasteiger partial charge in [0.1, 0.15) is 0 Å². The summed E-state index contributed by atoms with van der Waals surface area (Å²) in [4.78, 5) is 0. The van der Waals surface area contributed by atoms with Crippen molar-refractivity contribution in [2.24, 2.45) is 0 Å². The average molecular weight is 140 g/mol. The SMILES string of the molecule is OB(O)C1=CCC(O)C=C1. The van der Waals surface area contributed by atoms with Crippen LogP contribution in [0.1, 0.15) is 6.42 Å². The predicted molar refractivity (Wildman–Crippen MR) is 38.0 cm³/mol. The van der Waals surface area contributed by atoms with Crippen LogP contribution in [0.5, 0.6) is 0 Å². The first kappa shape index (κ1) is 7.53. The molecule has 1 atom stereocenters. The molecule has 0 aromatic rings. The van der Waals surface area contributed by atoms with Gasteiger partial charge in [-0.2, -0.15) is 0 Å². The van der Waals surface area contributed by atoms with Crippen LogP contribution in [0.3, 0.4) is 0 Å². The fourth-order valence-electron chi connectivity index (χ4n) is 0.817. The Morgan fingerprint density at radius 2 is 2.20 bits per heavy atom. The largest absolute Gasteiger partial charge is 0.488 e. The van der Waals surface area contributed by atoms with Gasteiger partial charge in [-0.05, 0) is 11.9 Å². The Morgan fingerprint density at radius 3 is 2.60 bits per heavy atom. The molecule has 1 aliphatic carbocycles. The molecule has 1 rings (SSSR count). The second-order valence-electron chi connectivity index (χ2n) is 2.24. The van der Waals surface area contributed by atoms with Gasteiger partial charge < -0.3 is 15.2 Å². The van der Waals surface area contributed by atoms with Crippen molar-refractivity contribution in [1.29, 1.82) is 0 Å². The Hall–Kier alpha value is -0.575. The molecule has 0 saturated carbocycles. The molecule has 1 aliphatic rings. The summed E-state index contributed by atoms with van der Waals surface area (Å²) in [5.74, 6) is 0. The second kappa shape index (κ2) is 3.01. The fourth-order valence-corrected chi connectivity index (χ4v) is 0.817.